The highest BCUT2D eigenvalue weighted by Gasteiger charge is 2.16. The van der Waals surface area contributed by atoms with Gasteiger partial charge in [-0.2, -0.15) is 0 Å². The molecule has 0 saturated carbocycles. The van der Waals surface area contributed by atoms with Gasteiger partial charge in [0.2, 0.25) is 0 Å². The highest BCUT2D eigenvalue weighted by Crippen LogP contribution is 2.13. The molecule has 1 rings (SSSR count). The molecule has 1 heterocycles. The number of hydrogen-bond donors (Lipinski definition) is 1. The van der Waals surface area contributed by atoms with Gasteiger partial charge in [-0.1, -0.05) is 12.1 Å². The molecule has 0 amide bonds. The predicted molar refractivity (Wildman–Crippen MR) is 75.3 cm³/mol. The minimum Gasteiger partial charge on any atom is -0.324 e. The Balaban J connectivity index is 0.00000225. The Labute approximate surface area is 109 Å². The second-order valence-corrected chi connectivity index (χ2v) is 5.56. The Morgan fingerprint density at radius 2 is 2.25 bits per heavy atom. The van der Waals surface area contributed by atoms with Gasteiger partial charge in [0.05, 0.1) is 0 Å². The van der Waals surface area contributed by atoms with Crippen LogP contribution in [0.5, 0.6) is 0 Å². The Morgan fingerprint density at radius 1 is 1.56 bits per heavy atom. The average molecular weight is 261 g/mol. The number of hydrogen-bond acceptors (Lipinski definition) is 3. The Hall–Kier alpha value is -0.350. The lowest BCUT2D eigenvalue weighted by Crippen LogP contribution is -2.45. The van der Waals surface area contributed by atoms with E-state index in [0.29, 0.717) is 0 Å². The summed E-state index contributed by atoms with van der Waals surface area (Å²) in [5.74, 6) is 0. The highest BCUT2D eigenvalue weighted by atomic mass is 35.5. The van der Waals surface area contributed by atoms with Crippen LogP contribution >= 0.6 is 23.7 Å². The standard InChI is InChI=1S/C12H20N2S.ClH/c1-4-7-14(10-12(2,3)13)9-11-6-5-8-15-11;/h4-6,8H,1,7,9-10,13H2,2-3H3;1H. The number of nitrogens with zero attached hydrogens (tertiary/aromatic N) is 1. The largest absolute Gasteiger partial charge is 0.324 e. The van der Waals surface area contributed by atoms with Crippen LogP contribution in [0, 0.1) is 0 Å². The van der Waals surface area contributed by atoms with Crippen molar-refractivity contribution < 1.29 is 0 Å². The van der Waals surface area contributed by atoms with E-state index >= 15 is 0 Å². The molecule has 0 atom stereocenters. The molecule has 0 unspecified atom stereocenters. The Kier molecular flexibility index (Phi) is 6.91. The molecule has 0 radical (unpaired) electrons. The van der Waals surface area contributed by atoms with Gasteiger partial charge >= 0.3 is 0 Å². The molecule has 1 aromatic rings. The van der Waals surface area contributed by atoms with Gasteiger partial charge in [0.1, 0.15) is 0 Å². The molecule has 1 aromatic heterocycles. The van der Waals surface area contributed by atoms with Crippen molar-refractivity contribution >= 4 is 23.7 Å². The Bertz CT molecular complexity index is 290. The van der Waals surface area contributed by atoms with E-state index in [4.69, 9.17) is 5.73 Å². The molecule has 0 aliphatic carbocycles. The van der Waals surface area contributed by atoms with Gasteiger partial charge < -0.3 is 5.73 Å². The predicted octanol–water partition coefficient (Wildman–Crippen LogP) is 2.90. The van der Waals surface area contributed by atoms with E-state index in [1.807, 2.05) is 6.08 Å². The van der Waals surface area contributed by atoms with Crippen LogP contribution in [0.2, 0.25) is 0 Å². The fourth-order valence-electron chi connectivity index (χ4n) is 1.57. The zero-order valence-electron chi connectivity index (χ0n) is 9.98. The first-order valence-electron chi connectivity index (χ1n) is 5.16. The maximum Gasteiger partial charge on any atom is 0.0331 e. The SMILES string of the molecule is C=CCN(Cc1cccs1)CC(C)(C)N.Cl. The number of rotatable bonds is 6. The molecule has 2 N–H and O–H groups in total. The van der Waals surface area contributed by atoms with Crippen LogP contribution in [0.4, 0.5) is 0 Å². The molecule has 16 heavy (non-hydrogen) atoms. The molecular weight excluding hydrogens is 240 g/mol. The molecule has 0 spiro atoms. The topological polar surface area (TPSA) is 29.3 Å². The molecule has 0 aliphatic heterocycles. The fourth-order valence-corrected chi connectivity index (χ4v) is 2.31. The minimum absolute atomic E-state index is 0. The number of thiophene rings is 1. The van der Waals surface area contributed by atoms with Gasteiger partial charge in [-0.15, -0.1) is 30.3 Å². The molecule has 0 saturated heterocycles. The van der Waals surface area contributed by atoms with Gasteiger partial charge in [-0.3, -0.25) is 4.90 Å². The summed E-state index contributed by atoms with van der Waals surface area (Å²) in [6.07, 6.45) is 1.93. The molecule has 0 aromatic carbocycles. The third-order valence-corrected chi connectivity index (χ3v) is 2.84. The van der Waals surface area contributed by atoms with Crippen LogP contribution in [0.25, 0.3) is 0 Å². The van der Waals surface area contributed by atoms with Crippen LogP contribution < -0.4 is 5.73 Å². The van der Waals surface area contributed by atoms with Crippen LogP contribution in [0.1, 0.15) is 18.7 Å². The lowest BCUT2D eigenvalue weighted by atomic mass is 10.1. The molecule has 2 nitrogen and oxygen atoms in total. The summed E-state index contributed by atoms with van der Waals surface area (Å²) in [7, 11) is 0. The highest BCUT2D eigenvalue weighted by molar-refractivity contribution is 7.09. The van der Waals surface area contributed by atoms with Gasteiger partial charge in [0.25, 0.3) is 0 Å². The maximum absolute atomic E-state index is 6.02. The summed E-state index contributed by atoms with van der Waals surface area (Å²) in [6, 6.07) is 4.24. The monoisotopic (exact) mass is 260 g/mol. The summed E-state index contributed by atoms with van der Waals surface area (Å²) >= 11 is 1.79. The molecule has 0 fully saturated rings. The summed E-state index contributed by atoms with van der Waals surface area (Å²) < 4.78 is 0. The molecular formula is C12H21ClN2S. The normalized spacial score (nSPS) is 11.2. The zero-order valence-corrected chi connectivity index (χ0v) is 11.6. The quantitative estimate of drug-likeness (QED) is 0.797. The van der Waals surface area contributed by atoms with Gasteiger partial charge in [0.15, 0.2) is 0 Å². The molecule has 4 heteroatoms. The van der Waals surface area contributed by atoms with Crippen LogP contribution in [0.15, 0.2) is 30.2 Å². The van der Waals surface area contributed by atoms with E-state index in [1.54, 1.807) is 11.3 Å². The van der Waals surface area contributed by atoms with Crippen molar-refractivity contribution in [3.63, 3.8) is 0 Å². The number of nitrogens with two attached hydrogens (primary N) is 1. The second-order valence-electron chi connectivity index (χ2n) is 4.53. The number of halogens is 1. The van der Waals surface area contributed by atoms with Crippen molar-refractivity contribution in [2.24, 2.45) is 5.73 Å². The van der Waals surface area contributed by atoms with E-state index in [2.05, 4.69) is 42.8 Å². The van der Waals surface area contributed by atoms with Crippen molar-refractivity contribution in [1.29, 1.82) is 0 Å². The van der Waals surface area contributed by atoms with E-state index in [1.165, 1.54) is 4.88 Å². The van der Waals surface area contributed by atoms with E-state index in [9.17, 15) is 0 Å². The first-order chi connectivity index (χ1) is 7.01. The summed E-state index contributed by atoms with van der Waals surface area (Å²) in [5.41, 5.74) is 5.87. The van der Waals surface area contributed by atoms with Gasteiger partial charge in [0, 0.05) is 30.1 Å². The summed E-state index contributed by atoms with van der Waals surface area (Å²) in [4.78, 5) is 3.69. The molecule has 0 bridgehead atoms. The van der Waals surface area contributed by atoms with Crippen molar-refractivity contribution in [1.82, 2.24) is 4.90 Å². The first-order valence-corrected chi connectivity index (χ1v) is 6.04. The van der Waals surface area contributed by atoms with Crippen LogP contribution in [-0.2, 0) is 6.54 Å². The van der Waals surface area contributed by atoms with E-state index < -0.39 is 0 Å². The smallest absolute Gasteiger partial charge is 0.0331 e. The molecule has 92 valence electrons. The van der Waals surface area contributed by atoms with Crippen molar-refractivity contribution in [2.45, 2.75) is 25.9 Å². The third-order valence-electron chi connectivity index (χ3n) is 1.98. The maximum atomic E-state index is 6.02. The summed E-state index contributed by atoms with van der Waals surface area (Å²) in [5, 5.41) is 2.11. The van der Waals surface area contributed by atoms with Crippen LogP contribution in [-0.4, -0.2) is 23.5 Å². The van der Waals surface area contributed by atoms with E-state index in [0.717, 1.165) is 19.6 Å². The second kappa shape index (κ2) is 7.07. The zero-order chi connectivity index (χ0) is 11.3. The van der Waals surface area contributed by atoms with Crippen molar-refractivity contribution in [3.05, 3.63) is 35.0 Å². The lowest BCUT2D eigenvalue weighted by Gasteiger charge is -2.28. The van der Waals surface area contributed by atoms with Crippen molar-refractivity contribution in [2.75, 3.05) is 13.1 Å². The first kappa shape index (κ1) is 15.7. The average Bonchev–Trinajstić information content (AvgIpc) is 2.54. The summed E-state index contributed by atoms with van der Waals surface area (Å²) in [6.45, 7) is 10.6. The third kappa shape index (κ3) is 6.28. The minimum atomic E-state index is -0.153. The van der Waals surface area contributed by atoms with Gasteiger partial charge in [-0.25, -0.2) is 0 Å². The molecule has 0 aliphatic rings. The van der Waals surface area contributed by atoms with Crippen LogP contribution in [0.3, 0.4) is 0 Å². The van der Waals surface area contributed by atoms with E-state index in [-0.39, 0.29) is 17.9 Å². The Morgan fingerprint density at radius 3 is 2.69 bits per heavy atom. The lowest BCUT2D eigenvalue weighted by molar-refractivity contribution is 0.241. The fraction of sp³-hybridized carbons (Fsp3) is 0.500. The van der Waals surface area contributed by atoms with Crippen molar-refractivity contribution in [3.8, 4) is 0 Å². The van der Waals surface area contributed by atoms with Gasteiger partial charge in [-0.05, 0) is 25.3 Å².